The van der Waals surface area contributed by atoms with Crippen LogP contribution in [0.25, 0.3) is 5.69 Å². The lowest BCUT2D eigenvalue weighted by atomic mass is 10.2. The number of amides is 1. The molecule has 3 rings (SSSR count). The number of hydrogen-bond acceptors (Lipinski definition) is 5. The average molecular weight is 365 g/mol. The van der Waals surface area contributed by atoms with Crippen LogP contribution in [0.5, 0.6) is 0 Å². The number of carbonyl (C=O) groups excluding carboxylic acids is 1. The predicted octanol–water partition coefficient (Wildman–Crippen LogP) is 2.15. The van der Waals surface area contributed by atoms with Crippen molar-refractivity contribution in [3.05, 3.63) is 91.9 Å². The second-order valence-corrected chi connectivity index (χ2v) is 5.63. The molecule has 1 amide bonds. The van der Waals surface area contributed by atoms with Gasteiger partial charge in [0, 0.05) is 23.4 Å². The molecule has 9 nitrogen and oxygen atoms in total. The van der Waals surface area contributed by atoms with E-state index in [2.05, 4.69) is 15.6 Å². The minimum absolute atomic E-state index is 0.112. The lowest BCUT2D eigenvalue weighted by molar-refractivity contribution is -0.384. The highest BCUT2D eigenvalue weighted by Gasteiger charge is 2.11. The van der Waals surface area contributed by atoms with Crippen molar-refractivity contribution < 1.29 is 9.72 Å². The zero-order valence-electron chi connectivity index (χ0n) is 14.2. The van der Waals surface area contributed by atoms with Gasteiger partial charge in [0.2, 0.25) is 0 Å². The van der Waals surface area contributed by atoms with Gasteiger partial charge < -0.3 is 0 Å². The molecule has 0 bridgehead atoms. The molecular weight excluding hydrogens is 350 g/mol. The summed E-state index contributed by atoms with van der Waals surface area (Å²) in [6.45, 7) is 1.72. The number of aromatic nitrogens is 2. The van der Waals surface area contributed by atoms with Crippen LogP contribution in [0, 0.1) is 17.0 Å². The molecule has 0 radical (unpaired) electrons. The van der Waals surface area contributed by atoms with Crippen molar-refractivity contribution in [3.8, 4) is 5.69 Å². The largest absolute Gasteiger partial charge is 0.295 e. The lowest BCUT2D eigenvalue weighted by Crippen LogP contribution is -2.20. The molecule has 3 aromatic rings. The average Bonchev–Trinajstić information content (AvgIpc) is 2.97. The number of rotatable bonds is 5. The Labute approximate surface area is 153 Å². The first-order valence-electron chi connectivity index (χ1n) is 7.92. The molecule has 9 heteroatoms. The monoisotopic (exact) mass is 365 g/mol. The summed E-state index contributed by atoms with van der Waals surface area (Å²) in [7, 11) is 0. The van der Waals surface area contributed by atoms with Gasteiger partial charge in [-0.25, -0.2) is 10.1 Å². The number of hydrogen-bond donors (Lipinski definition) is 2. The van der Waals surface area contributed by atoms with Crippen molar-refractivity contribution in [2.24, 2.45) is 5.10 Å². The number of non-ortho nitro benzene ring substituents is 1. The van der Waals surface area contributed by atoms with Crippen molar-refractivity contribution in [1.82, 2.24) is 15.2 Å². The van der Waals surface area contributed by atoms with Gasteiger partial charge in [-0.15, -0.1) is 0 Å². The van der Waals surface area contributed by atoms with Crippen LogP contribution >= 0.6 is 0 Å². The molecule has 2 N–H and O–H groups in total. The van der Waals surface area contributed by atoms with Crippen LogP contribution in [0.2, 0.25) is 0 Å². The third-order valence-electron chi connectivity index (χ3n) is 3.83. The summed E-state index contributed by atoms with van der Waals surface area (Å²) in [4.78, 5) is 34.6. The smallest absolute Gasteiger partial charge is 0.280 e. The molecule has 0 fully saturated rings. The van der Waals surface area contributed by atoms with Crippen LogP contribution in [-0.4, -0.2) is 26.8 Å². The van der Waals surface area contributed by atoms with Crippen molar-refractivity contribution >= 4 is 17.8 Å². The number of nitro benzene ring substituents is 1. The highest BCUT2D eigenvalue weighted by molar-refractivity contribution is 5.95. The van der Waals surface area contributed by atoms with Crippen LogP contribution in [0.3, 0.4) is 0 Å². The summed E-state index contributed by atoms with van der Waals surface area (Å²) < 4.78 is 1.38. The van der Waals surface area contributed by atoms with Crippen molar-refractivity contribution in [2.45, 2.75) is 6.92 Å². The van der Waals surface area contributed by atoms with Gasteiger partial charge in [0.1, 0.15) is 0 Å². The molecule has 136 valence electrons. The van der Waals surface area contributed by atoms with Gasteiger partial charge in [0.05, 0.1) is 22.4 Å². The third-order valence-corrected chi connectivity index (χ3v) is 3.83. The maximum absolute atomic E-state index is 12.5. The minimum Gasteiger partial charge on any atom is -0.295 e. The Morgan fingerprint density at radius 3 is 2.48 bits per heavy atom. The Morgan fingerprint density at radius 1 is 1.19 bits per heavy atom. The molecule has 0 aliphatic rings. The SMILES string of the molecule is Cc1[nH]n(-c2ccccc2)c(=O)c1/C=N/NC(=O)c1ccc([N+](=O)[O-])cc1. The number of nitro groups is 1. The van der Waals surface area contributed by atoms with Crippen LogP contribution < -0.4 is 11.0 Å². The topological polar surface area (TPSA) is 122 Å². The van der Waals surface area contributed by atoms with Crippen molar-refractivity contribution in [2.75, 3.05) is 0 Å². The van der Waals surface area contributed by atoms with Gasteiger partial charge in [-0.2, -0.15) is 5.10 Å². The minimum atomic E-state index is -0.549. The van der Waals surface area contributed by atoms with E-state index in [1.165, 1.54) is 35.2 Å². The van der Waals surface area contributed by atoms with Gasteiger partial charge in [0.25, 0.3) is 17.2 Å². The number of aryl methyl sites for hydroxylation is 1. The number of benzene rings is 2. The summed E-state index contributed by atoms with van der Waals surface area (Å²) >= 11 is 0. The Kier molecular flexibility index (Phi) is 4.93. The number of H-pyrrole nitrogens is 1. The van der Waals surface area contributed by atoms with E-state index in [1.54, 1.807) is 19.1 Å². The second kappa shape index (κ2) is 7.48. The maximum Gasteiger partial charge on any atom is 0.280 e. The molecule has 0 unspecified atom stereocenters. The van der Waals surface area contributed by atoms with Crippen molar-refractivity contribution in [1.29, 1.82) is 0 Å². The van der Waals surface area contributed by atoms with Gasteiger partial charge in [-0.05, 0) is 31.2 Å². The van der Waals surface area contributed by atoms with Crippen LogP contribution in [0.1, 0.15) is 21.6 Å². The summed E-state index contributed by atoms with van der Waals surface area (Å²) in [5, 5.41) is 17.4. The number of para-hydroxylation sites is 1. The summed E-state index contributed by atoms with van der Waals surface area (Å²) in [5.41, 5.74) is 3.68. The Hall–Kier alpha value is -4.01. The van der Waals surface area contributed by atoms with E-state index in [-0.39, 0.29) is 16.8 Å². The van der Waals surface area contributed by atoms with E-state index in [0.29, 0.717) is 16.9 Å². The molecule has 27 heavy (non-hydrogen) atoms. The Bertz CT molecular complexity index is 1070. The number of aromatic amines is 1. The third kappa shape index (κ3) is 3.82. The summed E-state index contributed by atoms with van der Waals surface area (Å²) in [6, 6.07) is 14.2. The van der Waals surface area contributed by atoms with Gasteiger partial charge in [0.15, 0.2) is 0 Å². The van der Waals surface area contributed by atoms with Gasteiger partial charge in [-0.1, -0.05) is 18.2 Å². The summed E-state index contributed by atoms with van der Waals surface area (Å²) in [6.07, 6.45) is 1.26. The molecule has 2 aromatic carbocycles. The fourth-order valence-electron chi connectivity index (χ4n) is 2.42. The zero-order chi connectivity index (χ0) is 19.4. The van der Waals surface area contributed by atoms with Crippen LogP contribution in [-0.2, 0) is 0 Å². The second-order valence-electron chi connectivity index (χ2n) is 5.63. The molecule has 1 heterocycles. The molecule has 0 atom stereocenters. The first kappa shape index (κ1) is 17.8. The van der Waals surface area contributed by atoms with E-state index in [0.717, 1.165) is 0 Å². The fraction of sp³-hybridized carbons (Fsp3) is 0.0556. The van der Waals surface area contributed by atoms with Crippen LogP contribution in [0.15, 0.2) is 64.5 Å². The molecule has 0 saturated heterocycles. The zero-order valence-corrected chi connectivity index (χ0v) is 14.2. The first-order chi connectivity index (χ1) is 13.0. The van der Waals surface area contributed by atoms with Gasteiger partial charge in [-0.3, -0.25) is 24.8 Å². The normalized spacial score (nSPS) is 10.9. The van der Waals surface area contributed by atoms with E-state index in [4.69, 9.17) is 0 Å². The van der Waals surface area contributed by atoms with E-state index < -0.39 is 10.8 Å². The molecule has 0 aliphatic heterocycles. The number of nitrogens with zero attached hydrogens (tertiary/aromatic N) is 3. The molecule has 0 spiro atoms. The predicted molar refractivity (Wildman–Crippen MR) is 99.3 cm³/mol. The van der Waals surface area contributed by atoms with Crippen molar-refractivity contribution in [3.63, 3.8) is 0 Å². The quantitative estimate of drug-likeness (QED) is 0.408. The van der Waals surface area contributed by atoms with E-state index >= 15 is 0 Å². The van der Waals surface area contributed by atoms with E-state index in [9.17, 15) is 19.7 Å². The first-order valence-corrected chi connectivity index (χ1v) is 7.92. The molecule has 0 aliphatic carbocycles. The molecular formula is C18H15N5O4. The maximum atomic E-state index is 12.5. The Morgan fingerprint density at radius 2 is 1.85 bits per heavy atom. The van der Waals surface area contributed by atoms with E-state index in [1.807, 2.05) is 18.2 Å². The highest BCUT2D eigenvalue weighted by atomic mass is 16.6. The molecule has 1 aromatic heterocycles. The highest BCUT2D eigenvalue weighted by Crippen LogP contribution is 2.11. The number of nitrogens with one attached hydrogen (secondary N) is 2. The number of hydrazone groups is 1. The lowest BCUT2D eigenvalue weighted by Gasteiger charge is -1.99. The van der Waals surface area contributed by atoms with Crippen LogP contribution in [0.4, 0.5) is 5.69 Å². The summed E-state index contributed by atoms with van der Waals surface area (Å²) in [5.74, 6) is -0.544. The van der Waals surface area contributed by atoms with Gasteiger partial charge >= 0.3 is 0 Å². The Balaban J connectivity index is 1.75. The molecule has 0 saturated carbocycles. The number of carbonyl (C=O) groups is 1. The fourth-order valence-corrected chi connectivity index (χ4v) is 2.42. The standard InChI is InChI=1S/C18H15N5O4/c1-12-16(18(25)22(21-12)14-5-3-2-4-6-14)11-19-20-17(24)13-7-9-15(10-8-13)23(26)27/h2-11,21H,1H3,(H,20,24)/b19-11+.